The van der Waals surface area contributed by atoms with Gasteiger partial charge in [0.1, 0.15) is 0 Å². The van der Waals surface area contributed by atoms with Gasteiger partial charge in [-0.05, 0) is 30.7 Å². The molecule has 1 aromatic carbocycles. The van der Waals surface area contributed by atoms with Crippen LogP contribution in [0, 0.1) is 0 Å². The van der Waals surface area contributed by atoms with Gasteiger partial charge in [0.25, 0.3) is 0 Å². The van der Waals surface area contributed by atoms with E-state index in [4.69, 9.17) is 0 Å². The lowest BCUT2D eigenvalue weighted by Crippen LogP contribution is -2.42. The molecule has 3 aromatic rings. The number of sulfone groups is 1. The molecule has 0 unspecified atom stereocenters. The predicted octanol–water partition coefficient (Wildman–Crippen LogP) is 2.04. The van der Waals surface area contributed by atoms with Crippen LogP contribution >= 0.6 is 11.8 Å². The summed E-state index contributed by atoms with van der Waals surface area (Å²) in [4.78, 5) is 14.7. The van der Waals surface area contributed by atoms with Gasteiger partial charge in [-0.2, -0.15) is 0 Å². The highest BCUT2D eigenvalue weighted by atomic mass is 32.2. The Labute approximate surface area is 161 Å². The number of pyridine rings is 1. The second kappa shape index (κ2) is 7.32. The number of carbonyl (C=O) groups excluding carboxylic acids is 1. The molecule has 0 N–H and O–H groups in total. The first-order chi connectivity index (χ1) is 13.0. The van der Waals surface area contributed by atoms with Gasteiger partial charge >= 0.3 is 0 Å². The third kappa shape index (κ3) is 3.84. The molecule has 1 fully saturated rings. The number of hydrogen-bond acceptors (Lipinski definition) is 6. The summed E-state index contributed by atoms with van der Waals surface area (Å²) in [7, 11) is -3.10. The smallest absolute Gasteiger partial charge is 0.237 e. The number of rotatable bonds is 5. The van der Waals surface area contributed by atoms with Crippen LogP contribution in [0.4, 0.5) is 5.69 Å². The highest BCUT2D eigenvalue weighted by Gasteiger charge is 2.35. The summed E-state index contributed by atoms with van der Waals surface area (Å²) in [5.41, 5.74) is 1.44. The van der Waals surface area contributed by atoms with Crippen molar-refractivity contribution >= 4 is 38.8 Å². The zero-order chi connectivity index (χ0) is 18.9. The molecule has 0 aliphatic carbocycles. The Kier molecular flexibility index (Phi) is 4.88. The molecule has 1 atom stereocenters. The van der Waals surface area contributed by atoms with Gasteiger partial charge in [0.15, 0.2) is 20.6 Å². The number of hydrogen-bond donors (Lipinski definition) is 0. The van der Waals surface area contributed by atoms with Gasteiger partial charge in [0, 0.05) is 11.9 Å². The van der Waals surface area contributed by atoms with E-state index in [-0.39, 0.29) is 29.2 Å². The fourth-order valence-corrected chi connectivity index (χ4v) is 5.72. The Morgan fingerprint density at radius 3 is 2.67 bits per heavy atom. The lowest BCUT2D eigenvalue weighted by Gasteiger charge is -2.28. The van der Waals surface area contributed by atoms with Crippen LogP contribution in [0.5, 0.6) is 0 Å². The Hall–Kier alpha value is -2.39. The maximum absolute atomic E-state index is 13.0. The SMILES string of the molecule is O=C(CSc1nnc2ccccn12)N(c1ccccc1)[C@H]1CCS(=O)(=O)C1. The van der Waals surface area contributed by atoms with Gasteiger partial charge in [-0.3, -0.25) is 9.20 Å². The number of anilines is 1. The van der Waals surface area contributed by atoms with E-state index in [2.05, 4.69) is 10.2 Å². The third-order valence-corrected chi connectivity index (χ3v) is 7.16. The van der Waals surface area contributed by atoms with E-state index in [9.17, 15) is 13.2 Å². The number of aromatic nitrogens is 3. The Balaban J connectivity index is 1.55. The fraction of sp³-hybridized carbons (Fsp3) is 0.278. The largest absolute Gasteiger partial charge is 0.308 e. The fourth-order valence-electron chi connectivity index (χ4n) is 3.24. The predicted molar refractivity (Wildman–Crippen MR) is 105 cm³/mol. The number of thioether (sulfide) groups is 1. The van der Waals surface area contributed by atoms with Gasteiger partial charge in [-0.1, -0.05) is 36.0 Å². The number of amides is 1. The molecule has 4 rings (SSSR count). The zero-order valence-corrected chi connectivity index (χ0v) is 16.1. The zero-order valence-electron chi connectivity index (χ0n) is 14.4. The number of fused-ring (bicyclic) bond motifs is 1. The van der Waals surface area contributed by atoms with Crippen molar-refractivity contribution in [1.82, 2.24) is 14.6 Å². The van der Waals surface area contributed by atoms with Crippen LogP contribution in [0.2, 0.25) is 0 Å². The molecule has 1 aliphatic rings. The van der Waals surface area contributed by atoms with Gasteiger partial charge in [0.2, 0.25) is 5.91 Å². The average Bonchev–Trinajstić information content (AvgIpc) is 3.24. The van der Waals surface area contributed by atoms with Crippen molar-refractivity contribution in [2.45, 2.75) is 17.6 Å². The summed E-state index contributed by atoms with van der Waals surface area (Å²) < 4.78 is 25.7. The number of carbonyl (C=O) groups is 1. The standard InChI is InChI=1S/C18H18N4O3S2/c23-17(12-26-18-20-19-16-8-4-5-10-21(16)18)22(14-6-2-1-3-7-14)15-9-11-27(24,25)13-15/h1-8,10,15H,9,11-13H2/t15-/m0/s1. The minimum absolute atomic E-state index is 0.00612. The van der Waals surface area contributed by atoms with Crippen LogP contribution in [-0.4, -0.2) is 52.2 Å². The summed E-state index contributed by atoms with van der Waals surface area (Å²) in [6.07, 6.45) is 2.31. The van der Waals surface area contributed by atoms with Gasteiger partial charge < -0.3 is 4.90 Å². The lowest BCUT2D eigenvalue weighted by atomic mass is 10.2. The van der Waals surface area contributed by atoms with Crippen molar-refractivity contribution in [1.29, 1.82) is 0 Å². The molecular formula is C18H18N4O3S2. The first-order valence-electron chi connectivity index (χ1n) is 8.54. The van der Waals surface area contributed by atoms with Gasteiger partial charge in [-0.15, -0.1) is 10.2 Å². The maximum atomic E-state index is 13.0. The van der Waals surface area contributed by atoms with E-state index < -0.39 is 9.84 Å². The van der Waals surface area contributed by atoms with E-state index in [1.54, 1.807) is 4.90 Å². The minimum Gasteiger partial charge on any atom is -0.308 e. The molecule has 0 spiro atoms. The molecule has 1 amide bonds. The molecule has 0 saturated carbocycles. The highest BCUT2D eigenvalue weighted by molar-refractivity contribution is 7.99. The highest BCUT2D eigenvalue weighted by Crippen LogP contribution is 2.26. The van der Waals surface area contributed by atoms with Crippen molar-refractivity contribution in [3.05, 3.63) is 54.7 Å². The Morgan fingerprint density at radius 1 is 1.15 bits per heavy atom. The molecule has 0 bridgehead atoms. The quantitative estimate of drug-likeness (QED) is 0.607. The van der Waals surface area contributed by atoms with Gasteiger partial charge in [0.05, 0.1) is 23.3 Å². The number of nitrogens with zero attached hydrogens (tertiary/aromatic N) is 4. The van der Waals surface area contributed by atoms with Crippen molar-refractivity contribution in [3.63, 3.8) is 0 Å². The van der Waals surface area contributed by atoms with Crippen LogP contribution in [0.15, 0.2) is 59.9 Å². The third-order valence-electron chi connectivity index (χ3n) is 4.48. The van der Waals surface area contributed by atoms with Gasteiger partial charge in [-0.25, -0.2) is 8.42 Å². The molecule has 9 heteroatoms. The second-order valence-electron chi connectivity index (χ2n) is 6.36. The van der Waals surface area contributed by atoms with Crippen LogP contribution in [0.3, 0.4) is 0 Å². The molecule has 1 saturated heterocycles. The summed E-state index contributed by atoms with van der Waals surface area (Å²) >= 11 is 1.30. The molecule has 3 heterocycles. The molecule has 1 aliphatic heterocycles. The van der Waals surface area contributed by atoms with Crippen molar-refractivity contribution in [2.75, 3.05) is 22.2 Å². The Morgan fingerprint density at radius 2 is 1.93 bits per heavy atom. The van der Waals surface area contributed by atoms with Crippen LogP contribution in [0.25, 0.3) is 5.65 Å². The molecule has 2 aromatic heterocycles. The monoisotopic (exact) mass is 402 g/mol. The summed E-state index contributed by atoms with van der Waals surface area (Å²) in [6, 6.07) is 14.5. The van der Waals surface area contributed by atoms with E-state index in [0.29, 0.717) is 17.2 Å². The first-order valence-corrected chi connectivity index (χ1v) is 11.3. The molecule has 0 radical (unpaired) electrons. The topological polar surface area (TPSA) is 84.6 Å². The van der Waals surface area contributed by atoms with Crippen molar-refractivity contribution < 1.29 is 13.2 Å². The lowest BCUT2D eigenvalue weighted by molar-refractivity contribution is -0.116. The van der Waals surface area contributed by atoms with Crippen LogP contribution < -0.4 is 4.90 Å². The van der Waals surface area contributed by atoms with E-state index >= 15 is 0 Å². The van der Waals surface area contributed by atoms with E-state index in [1.165, 1.54) is 11.8 Å². The Bertz CT molecular complexity index is 1070. The van der Waals surface area contributed by atoms with E-state index in [0.717, 1.165) is 5.69 Å². The minimum atomic E-state index is -3.10. The van der Waals surface area contributed by atoms with Crippen LogP contribution in [0.1, 0.15) is 6.42 Å². The van der Waals surface area contributed by atoms with Crippen LogP contribution in [-0.2, 0) is 14.6 Å². The number of benzene rings is 1. The molecule has 27 heavy (non-hydrogen) atoms. The maximum Gasteiger partial charge on any atom is 0.237 e. The second-order valence-corrected chi connectivity index (χ2v) is 9.53. The molecular weight excluding hydrogens is 384 g/mol. The van der Waals surface area contributed by atoms with Crippen molar-refractivity contribution in [3.8, 4) is 0 Å². The summed E-state index contributed by atoms with van der Waals surface area (Å²) in [5, 5.41) is 8.84. The van der Waals surface area contributed by atoms with Crippen molar-refractivity contribution in [2.24, 2.45) is 0 Å². The molecule has 7 nitrogen and oxygen atoms in total. The summed E-state index contributed by atoms with van der Waals surface area (Å²) in [5.74, 6) is 0.143. The molecule has 140 valence electrons. The average molecular weight is 403 g/mol. The number of para-hydroxylation sites is 1. The first kappa shape index (κ1) is 18.0. The van der Waals surface area contributed by atoms with E-state index in [1.807, 2.05) is 59.1 Å². The normalized spacial score (nSPS) is 18.6. The summed E-state index contributed by atoms with van der Waals surface area (Å²) in [6.45, 7) is 0.